The SMILES string of the molecule is Cc1cc(Br)c(NC(=O)OC(C)C)cc1Cl. The lowest BCUT2D eigenvalue weighted by atomic mass is 10.2. The van der Waals surface area contributed by atoms with Crippen molar-refractivity contribution in [2.75, 3.05) is 5.32 Å². The summed E-state index contributed by atoms with van der Waals surface area (Å²) in [6, 6.07) is 3.52. The van der Waals surface area contributed by atoms with Crippen LogP contribution in [-0.2, 0) is 4.74 Å². The lowest BCUT2D eigenvalue weighted by Gasteiger charge is -2.11. The highest BCUT2D eigenvalue weighted by molar-refractivity contribution is 9.10. The summed E-state index contributed by atoms with van der Waals surface area (Å²) in [5, 5.41) is 3.22. The standard InChI is InChI=1S/C11H13BrClNO2/c1-6(2)16-11(15)14-10-5-9(13)7(3)4-8(10)12/h4-6H,1-3H3,(H,14,15). The van der Waals surface area contributed by atoms with E-state index in [1.54, 1.807) is 19.9 Å². The van der Waals surface area contributed by atoms with E-state index in [-0.39, 0.29) is 6.10 Å². The van der Waals surface area contributed by atoms with Crippen molar-refractivity contribution in [3.05, 3.63) is 27.2 Å². The van der Waals surface area contributed by atoms with Crippen molar-refractivity contribution < 1.29 is 9.53 Å². The van der Waals surface area contributed by atoms with Gasteiger partial charge in [-0.3, -0.25) is 5.32 Å². The molecule has 0 fully saturated rings. The van der Waals surface area contributed by atoms with Gasteiger partial charge in [-0.1, -0.05) is 11.6 Å². The molecule has 1 amide bonds. The molecule has 1 rings (SSSR count). The highest BCUT2D eigenvalue weighted by Gasteiger charge is 2.09. The number of halogens is 2. The van der Waals surface area contributed by atoms with E-state index in [4.69, 9.17) is 16.3 Å². The summed E-state index contributed by atoms with van der Waals surface area (Å²) < 4.78 is 5.74. The van der Waals surface area contributed by atoms with Gasteiger partial charge in [-0.05, 0) is 54.4 Å². The number of anilines is 1. The first-order valence-corrected chi connectivity index (χ1v) is 6.00. The summed E-state index contributed by atoms with van der Waals surface area (Å²) in [6.45, 7) is 5.47. The Kier molecular flexibility index (Phi) is 4.62. The van der Waals surface area contributed by atoms with E-state index in [0.717, 1.165) is 10.0 Å². The Morgan fingerprint density at radius 2 is 2.12 bits per heavy atom. The van der Waals surface area contributed by atoms with Gasteiger partial charge in [-0.15, -0.1) is 0 Å². The Hall–Kier alpha value is -0.740. The quantitative estimate of drug-likeness (QED) is 0.881. The van der Waals surface area contributed by atoms with Crippen molar-refractivity contribution in [1.29, 1.82) is 0 Å². The average molecular weight is 307 g/mol. The first-order valence-electron chi connectivity index (χ1n) is 4.83. The minimum atomic E-state index is -0.490. The van der Waals surface area contributed by atoms with Crippen molar-refractivity contribution >= 4 is 39.3 Å². The van der Waals surface area contributed by atoms with Crippen LogP contribution in [0.15, 0.2) is 16.6 Å². The Labute approximate surface area is 108 Å². The number of hydrogen-bond donors (Lipinski definition) is 1. The van der Waals surface area contributed by atoms with E-state index in [2.05, 4.69) is 21.2 Å². The third kappa shape index (κ3) is 3.68. The molecule has 0 aliphatic heterocycles. The molecule has 0 saturated heterocycles. The molecule has 88 valence electrons. The van der Waals surface area contributed by atoms with Crippen molar-refractivity contribution in [3.8, 4) is 0 Å². The van der Waals surface area contributed by atoms with E-state index in [1.165, 1.54) is 0 Å². The van der Waals surface area contributed by atoms with Gasteiger partial charge in [0.05, 0.1) is 11.8 Å². The topological polar surface area (TPSA) is 38.3 Å². The van der Waals surface area contributed by atoms with Gasteiger partial charge in [-0.2, -0.15) is 0 Å². The van der Waals surface area contributed by atoms with Crippen molar-refractivity contribution in [3.63, 3.8) is 0 Å². The number of hydrogen-bond acceptors (Lipinski definition) is 2. The van der Waals surface area contributed by atoms with Gasteiger partial charge >= 0.3 is 6.09 Å². The third-order valence-corrected chi connectivity index (χ3v) is 2.89. The molecule has 0 heterocycles. The zero-order chi connectivity index (χ0) is 12.3. The molecule has 0 saturated carbocycles. The summed E-state index contributed by atoms with van der Waals surface area (Å²) in [5.74, 6) is 0. The second-order valence-corrected chi connectivity index (χ2v) is 4.92. The normalized spacial score (nSPS) is 10.4. The minimum absolute atomic E-state index is 0.153. The predicted molar refractivity (Wildman–Crippen MR) is 69.1 cm³/mol. The molecule has 3 nitrogen and oxygen atoms in total. The van der Waals surface area contributed by atoms with E-state index >= 15 is 0 Å². The van der Waals surface area contributed by atoms with Crippen LogP contribution in [0.3, 0.4) is 0 Å². The maximum absolute atomic E-state index is 11.4. The molecule has 0 radical (unpaired) electrons. The molecule has 0 aliphatic rings. The molecule has 0 aromatic heterocycles. The number of carbonyl (C=O) groups is 1. The second-order valence-electron chi connectivity index (χ2n) is 3.66. The molecule has 1 aromatic rings. The van der Waals surface area contributed by atoms with Gasteiger partial charge in [-0.25, -0.2) is 4.79 Å². The molecule has 0 spiro atoms. The van der Waals surface area contributed by atoms with E-state index < -0.39 is 6.09 Å². The molecule has 0 bridgehead atoms. The summed E-state index contributed by atoms with van der Waals surface area (Å²) in [4.78, 5) is 11.4. The first-order chi connectivity index (χ1) is 7.40. The highest BCUT2D eigenvalue weighted by atomic mass is 79.9. The van der Waals surface area contributed by atoms with Gasteiger partial charge in [0.15, 0.2) is 0 Å². The summed E-state index contributed by atoms with van der Waals surface area (Å²) in [7, 11) is 0. The molecule has 0 atom stereocenters. The van der Waals surface area contributed by atoms with E-state index in [1.807, 2.05) is 13.0 Å². The van der Waals surface area contributed by atoms with Gasteiger partial charge < -0.3 is 4.74 Å². The number of ether oxygens (including phenoxy) is 1. The molecule has 1 N–H and O–H groups in total. The summed E-state index contributed by atoms with van der Waals surface area (Å²) in [5.41, 5.74) is 1.54. The number of carbonyl (C=O) groups excluding carboxylic acids is 1. The fourth-order valence-electron chi connectivity index (χ4n) is 1.10. The Balaban J connectivity index is 2.81. The Morgan fingerprint density at radius 3 is 2.69 bits per heavy atom. The molecule has 5 heteroatoms. The number of aryl methyl sites for hydroxylation is 1. The van der Waals surface area contributed by atoms with Crippen LogP contribution >= 0.6 is 27.5 Å². The Bertz CT molecular complexity index is 407. The van der Waals surface area contributed by atoms with E-state index in [9.17, 15) is 4.79 Å². The van der Waals surface area contributed by atoms with Gasteiger partial charge in [0.1, 0.15) is 0 Å². The molecular formula is C11H13BrClNO2. The van der Waals surface area contributed by atoms with Crippen LogP contribution in [0.25, 0.3) is 0 Å². The van der Waals surface area contributed by atoms with Crippen molar-refractivity contribution in [1.82, 2.24) is 0 Å². The van der Waals surface area contributed by atoms with Crippen LogP contribution in [0, 0.1) is 6.92 Å². The van der Waals surface area contributed by atoms with Crippen LogP contribution in [0.5, 0.6) is 0 Å². The summed E-state index contributed by atoms with van der Waals surface area (Å²) in [6.07, 6.45) is -0.643. The monoisotopic (exact) mass is 305 g/mol. The van der Waals surface area contributed by atoms with Crippen LogP contribution in [0.4, 0.5) is 10.5 Å². The van der Waals surface area contributed by atoms with Gasteiger partial charge in [0.25, 0.3) is 0 Å². The molecule has 0 unspecified atom stereocenters. The van der Waals surface area contributed by atoms with Crippen LogP contribution in [-0.4, -0.2) is 12.2 Å². The van der Waals surface area contributed by atoms with E-state index in [0.29, 0.717) is 10.7 Å². The summed E-state index contributed by atoms with van der Waals surface area (Å²) >= 11 is 9.31. The fraction of sp³-hybridized carbons (Fsp3) is 0.364. The number of rotatable bonds is 2. The van der Waals surface area contributed by atoms with Crippen molar-refractivity contribution in [2.24, 2.45) is 0 Å². The number of amides is 1. The third-order valence-electron chi connectivity index (χ3n) is 1.83. The maximum Gasteiger partial charge on any atom is 0.411 e. The highest BCUT2D eigenvalue weighted by Crippen LogP contribution is 2.29. The largest absolute Gasteiger partial charge is 0.447 e. The molecule has 0 aliphatic carbocycles. The van der Waals surface area contributed by atoms with Crippen LogP contribution in [0.1, 0.15) is 19.4 Å². The first kappa shape index (κ1) is 13.3. The van der Waals surface area contributed by atoms with Crippen molar-refractivity contribution in [2.45, 2.75) is 26.9 Å². The number of nitrogens with one attached hydrogen (secondary N) is 1. The fourth-order valence-corrected chi connectivity index (χ4v) is 1.82. The average Bonchev–Trinajstić information content (AvgIpc) is 2.12. The molecule has 16 heavy (non-hydrogen) atoms. The van der Waals surface area contributed by atoms with Gasteiger partial charge in [0, 0.05) is 9.50 Å². The zero-order valence-corrected chi connectivity index (χ0v) is 11.6. The van der Waals surface area contributed by atoms with Crippen LogP contribution in [0.2, 0.25) is 5.02 Å². The molecule has 1 aromatic carbocycles. The molecular weight excluding hydrogens is 293 g/mol. The van der Waals surface area contributed by atoms with Gasteiger partial charge in [0.2, 0.25) is 0 Å². The zero-order valence-electron chi connectivity index (χ0n) is 9.30. The smallest absolute Gasteiger partial charge is 0.411 e. The Morgan fingerprint density at radius 1 is 1.50 bits per heavy atom. The van der Waals surface area contributed by atoms with Crippen LogP contribution < -0.4 is 5.32 Å². The number of benzene rings is 1. The second kappa shape index (κ2) is 5.55. The lowest BCUT2D eigenvalue weighted by Crippen LogP contribution is -2.18. The maximum atomic E-state index is 11.4. The lowest BCUT2D eigenvalue weighted by molar-refractivity contribution is 0.130. The predicted octanol–water partition coefficient (Wildman–Crippen LogP) is 4.37. The minimum Gasteiger partial charge on any atom is -0.447 e.